The molecule has 0 saturated carbocycles. The molecule has 0 aliphatic heterocycles. The fourth-order valence-corrected chi connectivity index (χ4v) is 19.6. The third-order valence-electron chi connectivity index (χ3n) is 24.0. The van der Waals surface area contributed by atoms with Gasteiger partial charge in [0.05, 0.1) is 54.8 Å². The summed E-state index contributed by atoms with van der Waals surface area (Å²) in [7, 11) is 0. The molecule has 0 aliphatic carbocycles. The van der Waals surface area contributed by atoms with Gasteiger partial charge in [-0.15, -0.1) is 11.3 Å². The van der Waals surface area contributed by atoms with Gasteiger partial charge >= 0.3 is 0 Å². The van der Waals surface area contributed by atoms with E-state index in [2.05, 4.69) is 340 Å². The molecule has 27 aromatic rings. The summed E-state index contributed by atoms with van der Waals surface area (Å²) >= 11 is 1.74. The number of hydrogen-bond donors (Lipinski definition) is 0. The summed E-state index contributed by atoms with van der Waals surface area (Å²) in [6, 6.07) is 134. The van der Waals surface area contributed by atoms with Crippen LogP contribution in [-0.4, -0.2) is 48.6 Å². The van der Waals surface area contributed by atoms with Crippen molar-refractivity contribution >= 4 is 195 Å². The summed E-state index contributed by atoms with van der Waals surface area (Å²) < 4.78 is 20.9. The first-order valence-electron chi connectivity index (χ1n) is 40.8. The number of para-hydroxylation sites is 6. The second-order valence-electron chi connectivity index (χ2n) is 31.0. The van der Waals surface area contributed by atoms with Gasteiger partial charge < -0.3 is 8.83 Å². The van der Waals surface area contributed by atoms with Crippen molar-refractivity contribution in [2.45, 2.75) is 0 Å². The standard InChI is InChI=1S/C38H23N3O.C36H21N3S.C35H20N4O/c1-2-11-24(12-3-1)25-15-10-16-28(21-25)36-39-37(35-30-18-7-9-20-34(30)42-38(35)40-36)41-32-19-8-6-17-29(32)31-22-26-13-4-5-14-27(26)23-33(31)41;1-2-12-24-21-31-29(20-23(24)11-1)26-15-5-7-18-30(26)39(31)35-33-28-16-6-8-19-32(28)40-36(33)38-34(37-35)27-17-9-13-22-10-3-4-14-25(22)27;1-2-10-23-20-29-27(19-22(23)9-1)24-13-3-5-16-28(24)39(29)34-31-25-14-4-6-17-30(25)40-35(31)38-33(37-34)26-15-7-11-21-12-8-18-36-32(21)26/h1-23H;1-21H;1-20H. The molecule has 10 heterocycles. The molecule has 568 valence electrons. The highest BCUT2D eigenvalue weighted by molar-refractivity contribution is 7.25. The van der Waals surface area contributed by atoms with E-state index in [1.165, 1.54) is 80.1 Å². The van der Waals surface area contributed by atoms with E-state index in [0.717, 1.165) is 143 Å². The zero-order valence-corrected chi connectivity index (χ0v) is 66.0. The SMILES string of the molecule is c1ccc(-c2cccc(-c3nc(-n4c5ccccc5c5cc6ccccc6cc54)c4c(n3)oc3ccccc34)c2)cc1.c1ccc2cc3c(cc2c1)c1ccccc1n3-c1nc(-c2cccc3ccccc23)nc2sc3ccccc3c12.c1ccc2cc3c(cc2c1)c1ccccc1n3-c1nc(-c2cccc3cccnc23)nc2oc3ccccc3c12. The minimum Gasteiger partial charge on any atom is -0.437 e. The number of rotatable bonds is 7. The van der Waals surface area contributed by atoms with Gasteiger partial charge in [-0.1, -0.05) is 291 Å². The van der Waals surface area contributed by atoms with Crippen LogP contribution in [0.1, 0.15) is 0 Å². The zero-order valence-electron chi connectivity index (χ0n) is 65.1. The lowest BCUT2D eigenvalue weighted by atomic mass is 10.0. The van der Waals surface area contributed by atoms with Gasteiger partial charge in [0.1, 0.15) is 16.0 Å². The molecule has 0 fully saturated rings. The maximum absolute atomic E-state index is 6.40. The van der Waals surface area contributed by atoms with Gasteiger partial charge in [-0.05, 0) is 145 Å². The Morgan fingerprint density at radius 1 is 0.230 bits per heavy atom. The summed E-state index contributed by atoms with van der Waals surface area (Å²) in [5.41, 5.74) is 15.4. The average Bonchev–Trinajstić information content (AvgIpc) is 1.56. The zero-order chi connectivity index (χ0) is 80.0. The fourth-order valence-electron chi connectivity index (χ4n) is 18.5. The maximum atomic E-state index is 6.40. The number of pyridine rings is 1. The Hall–Kier alpha value is -16.4. The Morgan fingerprint density at radius 3 is 1.17 bits per heavy atom. The van der Waals surface area contributed by atoms with E-state index in [9.17, 15) is 0 Å². The van der Waals surface area contributed by atoms with E-state index >= 15 is 0 Å². The van der Waals surface area contributed by atoms with Gasteiger partial charge in [0.25, 0.3) is 0 Å². The minimum atomic E-state index is 0.556. The van der Waals surface area contributed by atoms with Crippen molar-refractivity contribution in [1.82, 2.24) is 48.6 Å². The van der Waals surface area contributed by atoms with E-state index in [0.29, 0.717) is 23.1 Å². The van der Waals surface area contributed by atoms with Crippen LogP contribution in [0.2, 0.25) is 0 Å². The summed E-state index contributed by atoms with van der Waals surface area (Å²) in [5.74, 6) is 4.48. The number of nitrogens with zero attached hydrogens (tertiary/aromatic N) is 10. The Bertz CT molecular complexity index is 8670. The normalized spacial score (nSPS) is 11.9. The number of furan rings is 2. The minimum absolute atomic E-state index is 0.556. The number of aromatic nitrogens is 10. The van der Waals surface area contributed by atoms with Crippen molar-refractivity contribution in [3.63, 3.8) is 0 Å². The molecular formula is C109H64N10O2S. The van der Waals surface area contributed by atoms with Crippen LogP contribution in [0.25, 0.3) is 247 Å². The van der Waals surface area contributed by atoms with E-state index in [4.69, 9.17) is 38.7 Å². The number of hydrogen-bond acceptors (Lipinski definition) is 10. The van der Waals surface area contributed by atoms with Crippen LogP contribution in [0.4, 0.5) is 0 Å². The van der Waals surface area contributed by atoms with Crippen molar-refractivity contribution < 1.29 is 8.83 Å². The molecule has 0 N–H and O–H groups in total. The van der Waals surface area contributed by atoms with Crippen LogP contribution in [0, 0.1) is 0 Å². The molecule has 0 unspecified atom stereocenters. The highest BCUT2D eigenvalue weighted by Gasteiger charge is 2.28. The van der Waals surface area contributed by atoms with E-state index in [1.54, 1.807) is 11.3 Å². The Kier molecular flexibility index (Phi) is 15.6. The lowest BCUT2D eigenvalue weighted by molar-refractivity contribution is 0.652. The van der Waals surface area contributed by atoms with Crippen LogP contribution in [0.3, 0.4) is 0 Å². The van der Waals surface area contributed by atoms with E-state index in [-0.39, 0.29) is 0 Å². The van der Waals surface area contributed by atoms with Crippen molar-refractivity contribution in [2.24, 2.45) is 0 Å². The molecule has 0 spiro atoms. The summed E-state index contributed by atoms with van der Waals surface area (Å²) in [6.07, 6.45) is 1.81. The number of fused-ring (bicyclic) bond motifs is 23. The molecule has 0 saturated heterocycles. The number of thiophene rings is 1. The first-order chi connectivity index (χ1) is 60.5. The lowest BCUT2D eigenvalue weighted by Crippen LogP contribution is -2.02. The average molecular weight is 1580 g/mol. The largest absolute Gasteiger partial charge is 0.437 e. The molecule has 0 amide bonds. The van der Waals surface area contributed by atoms with Crippen molar-refractivity contribution in [2.75, 3.05) is 0 Å². The van der Waals surface area contributed by atoms with Crippen molar-refractivity contribution in [3.05, 3.63) is 388 Å². The first-order valence-corrected chi connectivity index (χ1v) is 41.6. The maximum Gasteiger partial charge on any atom is 0.233 e. The molecule has 0 radical (unpaired) electrons. The van der Waals surface area contributed by atoms with Crippen LogP contribution >= 0.6 is 11.3 Å². The van der Waals surface area contributed by atoms with Crippen LogP contribution in [0.15, 0.2) is 397 Å². The molecule has 17 aromatic carbocycles. The highest BCUT2D eigenvalue weighted by Crippen LogP contribution is 2.46. The molecule has 13 heteroatoms. The molecule has 10 aromatic heterocycles. The third kappa shape index (κ3) is 11.0. The first kappa shape index (κ1) is 68.8. The third-order valence-corrected chi connectivity index (χ3v) is 25.1. The highest BCUT2D eigenvalue weighted by atomic mass is 32.1. The van der Waals surface area contributed by atoms with E-state index in [1.807, 2.05) is 66.9 Å². The predicted molar refractivity (Wildman–Crippen MR) is 504 cm³/mol. The predicted octanol–water partition coefficient (Wildman–Crippen LogP) is 28.7. The Morgan fingerprint density at radius 2 is 0.615 bits per heavy atom. The second kappa shape index (κ2) is 27.6. The van der Waals surface area contributed by atoms with Crippen molar-refractivity contribution in [3.8, 4) is 62.7 Å². The molecule has 0 bridgehead atoms. The smallest absolute Gasteiger partial charge is 0.233 e. The topological polar surface area (TPSA) is 131 Å². The van der Waals surface area contributed by atoms with Gasteiger partial charge in [0.15, 0.2) is 34.9 Å². The van der Waals surface area contributed by atoms with Gasteiger partial charge in [-0.3, -0.25) is 18.7 Å². The Labute approximate surface area is 699 Å². The molecule has 27 rings (SSSR count). The lowest BCUT2D eigenvalue weighted by Gasteiger charge is -2.12. The van der Waals surface area contributed by atoms with Crippen molar-refractivity contribution in [1.29, 1.82) is 0 Å². The molecule has 0 atom stereocenters. The van der Waals surface area contributed by atoms with Crippen LogP contribution < -0.4 is 0 Å². The molecular weight excluding hydrogens is 1510 g/mol. The van der Waals surface area contributed by atoms with Gasteiger partial charge in [0.2, 0.25) is 11.4 Å². The summed E-state index contributed by atoms with van der Waals surface area (Å²) in [5, 5.41) is 23.9. The van der Waals surface area contributed by atoms with E-state index < -0.39 is 0 Å². The van der Waals surface area contributed by atoms with Crippen LogP contribution in [0.5, 0.6) is 0 Å². The fraction of sp³-hybridized carbons (Fsp3) is 0. The summed E-state index contributed by atoms with van der Waals surface area (Å²) in [6.45, 7) is 0. The number of benzene rings is 17. The van der Waals surface area contributed by atoms with Gasteiger partial charge in [-0.2, -0.15) is 9.97 Å². The molecule has 122 heavy (non-hydrogen) atoms. The van der Waals surface area contributed by atoms with Gasteiger partial charge in [0, 0.05) is 81.4 Å². The molecule has 12 nitrogen and oxygen atoms in total. The molecule has 0 aliphatic rings. The Balaban J connectivity index is 0.000000101. The second-order valence-corrected chi connectivity index (χ2v) is 32.0. The monoisotopic (exact) mass is 1580 g/mol. The summed E-state index contributed by atoms with van der Waals surface area (Å²) in [4.78, 5) is 37.0. The quantitative estimate of drug-likeness (QED) is 0.153. The van der Waals surface area contributed by atoms with Crippen LogP contribution in [-0.2, 0) is 0 Å². The van der Waals surface area contributed by atoms with Gasteiger partial charge in [-0.25, -0.2) is 19.9 Å².